The van der Waals surface area contributed by atoms with Crippen LogP contribution in [-0.4, -0.2) is 35.1 Å². The van der Waals surface area contributed by atoms with E-state index in [1.165, 1.54) is 18.2 Å². The van der Waals surface area contributed by atoms with Crippen LogP contribution in [0.5, 0.6) is 0 Å². The fourth-order valence-corrected chi connectivity index (χ4v) is 3.46. The first kappa shape index (κ1) is 17.1. The molecule has 3 aromatic heterocycles. The number of aromatic nitrogens is 4. The summed E-state index contributed by atoms with van der Waals surface area (Å²) in [5.41, 5.74) is 1.13. The Kier molecular flexibility index (Phi) is 4.30. The van der Waals surface area contributed by atoms with E-state index in [-0.39, 0.29) is 35.2 Å². The highest BCUT2D eigenvalue weighted by atomic mass is 32.2. The van der Waals surface area contributed by atoms with E-state index in [1.54, 1.807) is 24.4 Å². The van der Waals surface area contributed by atoms with Gasteiger partial charge in [0.25, 0.3) is 5.89 Å². The summed E-state index contributed by atoms with van der Waals surface area (Å²) in [6.45, 7) is 0.0569. The van der Waals surface area contributed by atoms with Crippen LogP contribution in [-0.2, 0) is 16.4 Å². The summed E-state index contributed by atoms with van der Waals surface area (Å²) in [6.07, 6.45) is 1.82. The SMILES string of the molecule is O=c1[nH]c2ccc(S(=O)(=O)NCCc3nnc(-c4ccccn4)o3)cc2o1. The zero-order valence-corrected chi connectivity index (χ0v) is 14.6. The highest BCUT2D eigenvalue weighted by Gasteiger charge is 2.16. The summed E-state index contributed by atoms with van der Waals surface area (Å²) in [5.74, 6) is -0.0977. The van der Waals surface area contributed by atoms with Crippen LogP contribution in [0, 0.1) is 0 Å². The van der Waals surface area contributed by atoms with Crippen molar-refractivity contribution in [2.75, 3.05) is 6.54 Å². The molecule has 0 unspecified atom stereocenters. The minimum absolute atomic E-state index is 0.0162. The molecule has 1 aromatic carbocycles. The number of sulfonamides is 1. The van der Waals surface area contributed by atoms with E-state index in [4.69, 9.17) is 8.83 Å². The Bertz CT molecular complexity index is 1240. The number of oxazole rings is 1. The molecule has 0 aliphatic rings. The van der Waals surface area contributed by atoms with Crippen LogP contribution in [0.15, 0.2) is 61.1 Å². The molecule has 0 amide bonds. The van der Waals surface area contributed by atoms with E-state index >= 15 is 0 Å². The van der Waals surface area contributed by atoms with Gasteiger partial charge in [0.05, 0.1) is 10.4 Å². The lowest BCUT2D eigenvalue weighted by molar-refractivity contribution is 0.500. The number of hydrogen-bond acceptors (Lipinski definition) is 8. The number of benzene rings is 1. The second-order valence-electron chi connectivity index (χ2n) is 5.54. The maximum absolute atomic E-state index is 12.4. The van der Waals surface area contributed by atoms with E-state index < -0.39 is 15.8 Å². The molecule has 138 valence electrons. The first-order valence-corrected chi connectivity index (χ1v) is 9.36. The van der Waals surface area contributed by atoms with Crippen LogP contribution >= 0.6 is 0 Å². The van der Waals surface area contributed by atoms with Gasteiger partial charge in [-0.1, -0.05) is 6.07 Å². The molecule has 0 saturated carbocycles. The van der Waals surface area contributed by atoms with Crippen molar-refractivity contribution in [2.45, 2.75) is 11.3 Å². The van der Waals surface area contributed by atoms with Crippen LogP contribution < -0.4 is 10.5 Å². The van der Waals surface area contributed by atoms with E-state index in [2.05, 4.69) is 24.9 Å². The Morgan fingerprint density at radius 1 is 1.11 bits per heavy atom. The summed E-state index contributed by atoms with van der Waals surface area (Å²) in [7, 11) is -3.79. The number of rotatable bonds is 6. The lowest BCUT2D eigenvalue weighted by Gasteiger charge is -2.05. The number of nitrogens with one attached hydrogen (secondary N) is 2. The Balaban J connectivity index is 1.43. The molecule has 0 atom stereocenters. The molecular formula is C16H13N5O5S. The third-order valence-electron chi connectivity index (χ3n) is 3.68. The Morgan fingerprint density at radius 3 is 2.81 bits per heavy atom. The quantitative estimate of drug-likeness (QED) is 0.500. The molecule has 0 saturated heterocycles. The maximum atomic E-state index is 12.4. The van der Waals surface area contributed by atoms with Gasteiger partial charge in [0.1, 0.15) is 5.69 Å². The van der Waals surface area contributed by atoms with E-state index in [0.717, 1.165) is 0 Å². The van der Waals surface area contributed by atoms with Gasteiger partial charge < -0.3 is 8.83 Å². The van der Waals surface area contributed by atoms with Crippen molar-refractivity contribution < 1.29 is 17.3 Å². The van der Waals surface area contributed by atoms with Crippen molar-refractivity contribution in [1.82, 2.24) is 24.9 Å². The van der Waals surface area contributed by atoms with Crippen molar-refractivity contribution in [3.8, 4) is 11.6 Å². The normalized spacial score (nSPS) is 11.9. The summed E-state index contributed by atoms with van der Waals surface area (Å²) < 4.78 is 37.6. The van der Waals surface area contributed by atoms with Gasteiger partial charge in [0, 0.05) is 25.2 Å². The predicted octanol–water partition coefficient (Wildman–Crippen LogP) is 1.09. The number of H-pyrrole nitrogens is 1. The third kappa shape index (κ3) is 3.64. The van der Waals surface area contributed by atoms with E-state index in [9.17, 15) is 13.2 Å². The molecule has 0 spiro atoms. The molecule has 2 N–H and O–H groups in total. The largest absolute Gasteiger partial charge is 0.419 e. The molecule has 3 heterocycles. The molecule has 0 aliphatic carbocycles. The van der Waals surface area contributed by atoms with E-state index in [0.29, 0.717) is 11.2 Å². The number of fused-ring (bicyclic) bond motifs is 1. The molecule has 27 heavy (non-hydrogen) atoms. The number of pyridine rings is 1. The van der Waals surface area contributed by atoms with Crippen LogP contribution in [0.1, 0.15) is 5.89 Å². The summed E-state index contributed by atoms with van der Waals surface area (Å²) in [6, 6.07) is 9.42. The lowest BCUT2D eigenvalue weighted by atomic mass is 10.3. The highest BCUT2D eigenvalue weighted by molar-refractivity contribution is 7.89. The number of hydrogen-bond donors (Lipinski definition) is 2. The van der Waals surface area contributed by atoms with E-state index in [1.807, 2.05) is 0 Å². The van der Waals surface area contributed by atoms with Crippen molar-refractivity contribution in [3.05, 3.63) is 59.0 Å². The topological polar surface area (TPSA) is 144 Å². The van der Waals surface area contributed by atoms with Gasteiger partial charge in [0.2, 0.25) is 15.9 Å². The monoisotopic (exact) mass is 387 g/mol. The van der Waals surface area contributed by atoms with Gasteiger partial charge in [-0.25, -0.2) is 17.9 Å². The molecule has 10 nitrogen and oxygen atoms in total. The zero-order chi connectivity index (χ0) is 18.9. The smallest absolute Gasteiger partial charge is 0.417 e. The number of nitrogens with zero attached hydrogens (tertiary/aromatic N) is 3. The first-order valence-electron chi connectivity index (χ1n) is 7.88. The van der Waals surface area contributed by atoms with Crippen LogP contribution in [0.3, 0.4) is 0 Å². The van der Waals surface area contributed by atoms with Crippen molar-refractivity contribution >= 4 is 21.1 Å². The van der Waals surface area contributed by atoms with Gasteiger partial charge in [-0.2, -0.15) is 0 Å². The maximum Gasteiger partial charge on any atom is 0.417 e. The van der Waals surface area contributed by atoms with Crippen molar-refractivity contribution in [3.63, 3.8) is 0 Å². The molecule has 4 aromatic rings. The van der Waals surface area contributed by atoms with Crippen molar-refractivity contribution in [2.24, 2.45) is 0 Å². The lowest BCUT2D eigenvalue weighted by Crippen LogP contribution is -2.26. The van der Waals surface area contributed by atoms with Crippen LogP contribution in [0.4, 0.5) is 0 Å². The Morgan fingerprint density at radius 2 is 2.00 bits per heavy atom. The molecule has 0 bridgehead atoms. The zero-order valence-electron chi connectivity index (χ0n) is 13.7. The second kappa shape index (κ2) is 6.78. The molecular weight excluding hydrogens is 374 g/mol. The molecule has 0 radical (unpaired) electrons. The third-order valence-corrected chi connectivity index (χ3v) is 5.14. The number of aromatic amines is 1. The van der Waals surface area contributed by atoms with Crippen LogP contribution in [0.25, 0.3) is 22.7 Å². The summed E-state index contributed by atoms with van der Waals surface area (Å²) >= 11 is 0. The molecule has 0 aliphatic heterocycles. The Labute approximate surface area is 152 Å². The van der Waals surface area contributed by atoms with Crippen molar-refractivity contribution in [1.29, 1.82) is 0 Å². The standard InChI is InChI=1S/C16H13N5O5S/c22-16-19-11-5-4-10(9-13(11)25-16)27(23,24)18-8-6-14-20-21-15(26-14)12-3-1-2-7-17-12/h1-5,7,9,18H,6,8H2,(H,19,22). The molecule has 0 fully saturated rings. The Hall–Kier alpha value is -3.31. The first-order chi connectivity index (χ1) is 13.0. The minimum atomic E-state index is -3.79. The summed E-state index contributed by atoms with van der Waals surface area (Å²) in [5, 5.41) is 7.78. The van der Waals surface area contributed by atoms with Crippen LogP contribution in [0.2, 0.25) is 0 Å². The highest BCUT2D eigenvalue weighted by Crippen LogP contribution is 2.17. The van der Waals surface area contributed by atoms with Gasteiger partial charge in [-0.3, -0.25) is 9.97 Å². The average Bonchev–Trinajstić information content (AvgIpc) is 3.27. The van der Waals surface area contributed by atoms with Gasteiger partial charge >= 0.3 is 5.76 Å². The van der Waals surface area contributed by atoms with Gasteiger partial charge in [-0.05, 0) is 24.3 Å². The fraction of sp³-hybridized carbons (Fsp3) is 0.125. The second-order valence-corrected chi connectivity index (χ2v) is 7.30. The predicted molar refractivity (Wildman–Crippen MR) is 93.3 cm³/mol. The van der Waals surface area contributed by atoms with Gasteiger partial charge in [0.15, 0.2) is 5.58 Å². The van der Waals surface area contributed by atoms with Gasteiger partial charge in [-0.15, -0.1) is 10.2 Å². The fourth-order valence-electron chi connectivity index (χ4n) is 2.42. The minimum Gasteiger partial charge on any atom is -0.419 e. The molecule has 11 heteroatoms. The summed E-state index contributed by atoms with van der Waals surface area (Å²) in [4.78, 5) is 17.7. The average molecular weight is 387 g/mol. The molecule has 4 rings (SSSR count).